The SMILES string of the molecule is CN(C)C1NC(=O)N(C(C)(C)N)C(=O)N1. The standard InChI is InChI=1S/C8H17N5O2/c1-8(2,9)13-6(14)10-5(12(3)4)11-7(13)15/h5H,9H2,1-4H3,(H,10,14)(H,11,15). The highest BCUT2D eigenvalue weighted by molar-refractivity contribution is 5.96. The second kappa shape index (κ2) is 3.67. The van der Waals surface area contributed by atoms with E-state index in [1.165, 1.54) is 0 Å². The number of nitrogens with zero attached hydrogens (tertiary/aromatic N) is 2. The van der Waals surface area contributed by atoms with Gasteiger partial charge in [0.05, 0.1) is 5.66 Å². The first kappa shape index (κ1) is 11.7. The first-order valence-electron chi connectivity index (χ1n) is 4.60. The average Bonchev–Trinajstić information content (AvgIpc) is 1.99. The van der Waals surface area contributed by atoms with Crippen molar-refractivity contribution in [3.8, 4) is 0 Å². The molecule has 0 aromatic carbocycles. The minimum atomic E-state index is -1.02. The van der Waals surface area contributed by atoms with Gasteiger partial charge in [0.2, 0.25) is 0 Å². The molecule has 1 aliphatic rings. The zero-order valence-corrected chi connectivity index (χ0v) is 9.37. The van der Waals surface area contributed by atoms with Gasteiger partial charge in [0.15, 0.2) is 6.29 Å². The lowest BCUT2D eigenvalue weighted by molar-refractivity contribution is 0.0995. The summed E-state index contributed by atoms with van der Waals surface area (Å²) in [4.78, 5) is 25.9. The normalized spacial score (nSPS) is 19.2. The molecule has 1 heterocycles. The van der Waals surface area contributed by atoms with Crippen LogP contribution in [0.5, 0.6) is 0 Å². The van der Waals surface area contributed by atoms with Crippen LogP contribution in [-0.2, 0) is 0 Å². The molecule has 7 heteroatoms. The number of nitrogens with two attached hydrogens (primary N) is 1. The van der Waals surface area contributed by atoms with E-state index in [9.17, 15) is 9.59 Å². The van der Waals surface area contributed by atoms with Crippen LogP contribution in [0.25, 0.3) is 0 Å². The van der Waals surface area contributed by atoms with Crippen LogP contribution in [0.15, 0.2) is 0 Å². The van der Waals surface area contributed by atoms with Crippen LogP contribution in [0.3, 0.4) is 0 Å². The van der Waals surface area contributed by atoms with Crippen LogP contribution in [0.4, 0.5) is 9.59 Å². The molecule has 7 nitrogen and oxygen atoms in total. The van der Waals surface area contributed by atoms with Gasteiger partial charge in [-0.1, -0.05) is 0 Å². The van der Waals surface area contributed by atoms with E-state index in [1.807, 2.05) is 0 Å². The van der Waals surface area contributed by atoms with E-state index in [0.717, 1.165) is 4.90 Å². The third-order valence-corrected chi connectivity index (χ3v) is 2.02. The van der Waals surface area contributed by atoms with Crippen molar-refractivity contribution in [2.24, 2.45) is 5.73 Å². The number of amides is 4. The van der Waals surface area contributed by atoms with Crippen molar-refractivity contribution in [3.05, 3.63) is 0 Å². The number of hydrogen-bond donors (Lipinski definition) is 3. The van der Waals surface area contributed by atoms with Gasteiger partial charge in [-0.05, 0) is 27.9 Å². The van der Waals surface area contributed by atoms with Crippen molar-refractivity contribution in [2.75, 3.05) is 14.1 Å². The summed E-state index contributed by atoms with van der Waals surface area (Å²) in [5.41, 5.74) is 4.68. The van der Waals surface area contributed by atoms with E-state index in [1.54, 1.807) is 32.8 Å². The first-order chi connectivity index (χ1) is 6.73. The fourth-order valence-corrected chi connectivity index (χ4v) is 1.27. The molecule has 86 valence electrons. The van der Waals surface area contributed by atoms with Crippen LogP contribution >= 0.6 is 0 Å². The summed E-state index contributed by atoms with van der Waals surface area (Å²) in [6.07, 6.45) is -0.497. The molecule has 1 aliphatic heterocycles. The number of carbonyl (C=O) groups is 2. The summed E-state index contributed by atoms with van der Waals surface area (Å²) in [5, 5.41) is 5.21. The van der Waals surface area contributed by atoms with Gasteiger partial charge in [-0.3, -0.25) is 4.90 Å². The Morgan fingerprint density at radius 3 is 1.93 bits per heavy atom. The number of imide groups is 1. The maximum atomic E-state index is 11.6. The highest BCUT2D eigenvalue weighted by atomic mass is 16.2. The minimum Gasteiger partial charge on any atom is -0.309 e. The lowest BCUT2D eigenvalue weighted by atomic mass is 10.2. The molecule has 4 N–H and O–H groups in total. The van der Waals surface area contributed by atoms with Crippen LogP contribution in [-0.4, -0.2) is 47.9 Å². The maximum absolute atomic E-state index is 11.6. The second-order valence-corrected chi connectivity index (χ2v) is 4.25. The Balaban J connectivity index is 2.83. The number of urea groups is 2. The van der Waals surface area contributed by atoms with Gasteiger partial charge in [0.1, 0.15) is 0 Å². The summed E-state index contributed by atoms with van der Waals surface area (Å²) in [6.45, 7) is 3.17. The molecule has 0 spiro atoms. The van der Waals surface area contributed by atoms with Gasteiger partial charge in [-0.25, -0.2) is 14.5 Å². The molecule has 0 bridgehead atoms. The van der Waals surface area contributed by atoms with Gasteiger partial charge < -0.3 is 16.4 Å². The molecule has 0 aromatic rings. The van der Waals surface area contributed by atoms with Gasteiger partial charge in [0, 0.05) is 0 Å². The Hall–Kier alpha value is -1.34. The number of nitrogens with one attached hydrogen (secondary N) is 2. The Bertz CT molecular complexity index is 265. The molecule has 1 rings (SSSR count). The van der Waals surface area contributed by atoms with Gasteiger partial charge in [-0.2, -0.15) is 0 Å². The Kier molecular flexibility index (Phi) is 2.87. The summed E-state index contributed by atoms with van der Waals surface area (Å²) in [5.74, 6) is 0. The molecule has 15 heavy (non-hydrogen) atoms. The van der Waals surface area contributed by atoms with E-state index in [-0.39, 0.29) is 0 Å². The zero-order chi connectivity index (χ0) is 11.8. The number of rotatable bonds is 2. The fourth-order valence-electron chi connectivity index (χ4n) is 1.27. The van der Waals surface area contributed by atoms with Crippen molar-refractivity contribution >= 4 is 12.1 Å². The quantitative estimate of drug-likeness (QED) is 0.566. The van der Waals surface area contributed by atoms with E-state index in [2.05, 4.69) is 10.6 Å². The molecule has 0 aliphatic carbocycles. The molecule has 0 atom stereocenters. The fraction of sp³-hybridized carbons (Fsp3) is 0.750. The molecule has 1 saturated heterocycles. The summed E-state index contributed by atoms with van der Waals surface area (Å²) in [6, 6.07) is -0.991. The number of hydrogen-bond acceptors (Lipinski definition) is 4. The molecular weight excluding hydrogens is 198 g/mol. The largest absolute Gasteiger partial charge is 0.329 e. The van der Waals surface area contributed by atoms with Crippen molar-refractivity contribution < 1.29 is 9.59 Å². The predicted molar refractivity (Wildman–Crippen MR) is 54.6 cm³/mol. The van der Waals surface area contributed by atoms with E-state index >= 15 is 0 Å². The van der Waals surface area contributed by atoms with Gasteiger partial charge in [-0.15, -0.1) is 0 Å². The lowest BCUT2D eigenvalue weighted by Gasteiger charge is -2.41. The molecule has 0 saturated carbocycles. The highest BCUT2D eigenvalue weighted by Crippen LogP contribution is 2.11. The summed E-state index contributed by atoms with van der Waals surface area (Å²) < 4.78 is 0. The average molecular weight is 215 g/mol. The molecule has 0 unspecified atom stereocenters. The van der Waals surface area contributed by atoms with Crippen molar-refractivity contribution in [1.29, 1.82) is 0 Å². The minimum absolute atomic E-state index is 0.495. The topological polar surface area (TPSA) is 90.7 Å². The summed E-state index contributed by atoms with van der Waals surface area (Å²) in [7, 11) is 3.49. The van der Waals surface area contributed by atoms with Crippen LogP contribution in [0.1, 0.15) is 13.8 Å². The van der Waals surface area contributed by atoms with Crippen molar-refractivity contribution in [2.45, 2.75) is 25.8 Å². The van der Waals surface area contributed by atoms with Crippen molar-refractivity contribution in [3.63, 3.8) is 0 Å². The smallest absolute Gasteiger partial charge is 0.309 e. The van der Waals surface area contributed by atoms with Crippen molar-refractivity contribution in [1.82, 2.24) is 20.4 Å². The highest BCUT2D eigenvalue weighted by Gasteiger charge is 2.39. The maximum Gasteiger partial charge on any atom is 0.329 e. The van der Waals surface area contributed by atoms with E-state index in [0.29, 0.717) is 0 Å². The van der Waals surface area contributed by atoms with Gasteiger partial charge in [0.25, 0.3) is 0 Å². The van der Waals surface area contributed by atoms with Crippen LogP contribution < -0.4 is 16.4 Å². The lowest BCUT2D eigenvalue weighted by Crippen LogP contribution is -2.72. The molecule has 1 fully saturated rings. The first-order valence-corrected chi connectivity index (χ1v) is 4.60. The Morgan fingerprint density at radius 2 is 1.67 bits per heavy atom. The van der Waals surface area contributed by atoms with Gasteiger partial charge >= 0.3 is 12.1 Å². The van der Waals surface area contributed by atoms with Crippen LogP contribution in [0.2, 0.25) is 0 Å². The van der Waals surface area contributed by atoms with E-state index in [4.69, 9.17) is 5.73 Å². The third kappa shape index (κ3) is 2.37. The van der Waals surface area contributed by atoms with E-state index < -0.39 is 24.0 Å². The molecule has 0 radical (unpaired) electrons. The number of carbonyl (C=O) groups excluding carboxylic acids is 2. The third-order valence-electron chi connectivity index (χ3n) is 2.02. The molecular formula is C8H17N5O2. The monoisotopic (exact) mass is 215 g/mol. The van der Waals surface area contributed by atoms with Crippen LogP contribution in [0, 0.1) is 0 Å². The predicted octanol–water partition coefficient (Wildman–Crippen LogP) is -0.739. The Morgan fingerprint density at radius 1 is 1.27 bits per heavy atom. The second-order valence-electron chi connectivity index (χ2n) is 4.25. The zero-order valence-electron chi connectivity index (χ0n) is 9.37. The molecule has 4 amide bonds. The molecule has 0 aromatic heterocycles. The Labute approximate surface area is 88.6 Å². The summed E-state index contributed by atoms with van der Waals surface area (Å²) >= 11 is 0.